The van der Waals surface area contributed by atoms with Crippen LogP contribution in [0.4, 0.5) is 0 Å². The Morgan fingerprint density at radius 3 is 2.67 bits per heavy atom. The van der Waals surface area contributed by atoms with Crippen LogP contribution in [0.1, 0.15) is 33.1 Å². The molecule has 2 fully saturated rings. The molecule has 6 heteroatoms. The quantitative estimate of drug-likeness (QED) is 0.805. The molecule has 1 N–H and O–H groups in total. The van der Waals surface area contributed by atoms with Crippen LogP contribution in [0.2, 0.25) is 0 Å². The summed E-state index contributed by atoms with van der Waals surface area (Å²) in [5, 5.41) is 3.25. The average molecular weight is 275 g/mol. The van der Waals surface area contributed by atoms with Crippen molar-refractivity contribution in [3.63, 3.8) is 0 Å². The summed E-state index contributed by atoms with van der Waals surface area (Å²) in [5.41, 5.74) is 0. The van der Waals surface area contributed by atoms with Gasteiger partial charge in [0.05, 0.1) is 0 Å². The lowest BCUT2D eigenvalue weighted by molar-refractivity contribution is 0.203. The van der Waals surface area contributed by atoms with E-state index in [-0.39, 0.29) is 6.04 Å². The summed E-state index contributed by atoms with van der Waals surface area (Å²) in [6.07, 6.45) is 3.01. The summed E-state index contributed by atoms with van der Waals surface area (Å²) in [5.74, 6) is 0.473. The van der Waals surface area contributed by atoms with E-state index in [0.717, 1.165) is 32.4 Å². The molecule has 5 nitrogen and oxygen atoms in total. The molecule has 0 aromatic rings. The van der Waals surface area contributed by atoms with Crippen molar-refractivity contribution >= 4 is 10.2 Å². The van der Waals surface area contributed by atoms with Gasteiger partial charge in [0.2, 0.25) is 0 Å². The molecule has 0 aromatic heterocycles. The van der Waals surface area contributed by atoms with Crippen molar-refractivity contribution in [1.29, 1.82) is 0 Å². The minimum absolute atomic E-state index is 0.141. The van der Waals surface area contributed by atoms with E-state index in [4.69, 9.17) is 0 Å². The number of nitrogens with zero attached hydrogens (tertiary/aromatic N) is 2. The number of nitrogens with one attached hydrogen (secondary N) is 1. The van der Waals surface area contributed by atoms with Crippen LogP contribution in [-0.4, -0.2) is 55.8 Å². The summed E-state index contributed by atoms with van der Waals surface area (Å²) in [6.45, 7) is 7.76. The summed E-state index contributed by atoms with van der Waals surface area (Å²) in [6, 6.07) is 0.141. The molecular formula is C12H25N3O2S. The van der Waals surface area contributed by atoms with Gasteiger partial charge in [0.25, 0.3) is 10.2 Å². The highest BCUT2D eigenvalue weighted by atomic mass is 32.2. The molecule has 2 rings (SSSR count). The van der Waals surface area contributed by atoms with E-state index in [1.54, 1.807) is 8.61 Å². The molecule has 18 heavy (non-hydrogen) atoms. The third-order valence-electron chi connectivity index (χ3n) is 3.98. The van der Waals surface area contributed by atoms with Gasteiger partial charge in [-0.25, -0.2) is 0 Å². The van der Waals surface area contributed by atoms with Crippen LogP contribution in [0.3, 0.4) is 0 Å². The van der Waals surface area contributed by atoms with Gasteiger partial charge in [-0.15, -0.1) is 0 Å². The van der Waals surface area contributed by atoms with E-state index in [0.29, 0.717) is 25.6 Å². The Bertz CT molecular complexity index is 364. The molecule has 0 amide bonds. The number of rotatable bonds is 2. The van der Waals surface area contributed by atoms with Gasteiger partial charge < -0.3 is 5.32 Å². The van der Waals surface area contributed by atoms with Gasteiger partial charge in [-0.1, -0.05) is 6.92 Å². The average Bonchev–Trinajstić information content (AvgIpc) is 2.61. The molecule has 0 radical (unpaired) electrons. The second-order valence-corrected chi connectivity index (χ2v) is 7.49. The highest BCUT2D eigenvalue weighted by Crippen LogP contribution is 2.25. The minimum atomic E-state index is -3.26. The Labute approximate surface area is 111 Å². The number of hydrogen-bond acceptors (Lipinski definition) is 3. The van der Waals surface area contributed by atoms with E-state index in [9.17, 15) is 8.42 Å². The van der Waals surface area contributed by atoms with E-state index in [1.165, 1.54) is 0 Å². The Kier molecular flexibility index (Phi) is 4.64. The van der Waals surface area contributed by atoms with Crippen LogP contribution in [0.5, 0.6) is 0 Å². The second kappa shape index (κ2) is 5.86. The molecule has 2 aliphatic rings. The van der Waals surface area contributed by atoms with Gasteiger partial charge in [-0.05, 0) is 38.6 Å². The molecule has 2 unspecified atom stereocenters. The largest absolute Gasteiger partial charge is 0.315 e. The summed E-state index contributed by atoms with van der Waals surface area (Å²) in [7, 11) is -3.26. The van der Waals surface area contributed by atoms with Crippen LogP contribution >= 0.6 is 0 Å². The van der Waals surface area contributed by atoms with Gasteiger partial charge in [-0.2, -0.15) is 17.0 Å². The van der Waals surface area contributed by atoms with Gasteiger partial charge in [0, 0.05) is 32.2 Å². The second-order valence-electron chi connectivity index (χ2n) is 5.61. The Balaban J connectivity index is 2.12. The highest BCUT2D eigenvalue weighted by Gasteiger charge is 2.36. The van der Waals surface area contributed by atoms with E-state index in [1.807, 2.05) is 6.92 Å². The van der Waals surface area contributed by atoms with Crippen molar-refractivity contribution in [2.45, 2.75) is 39.2 Å². The molecule has 0 spiro atoms. The molecule has 2 saturated heterocycles. The Morgan fingerprint density at radius 2 is 1.89 bits per heavy atom. The summed E-state index contributed by atoms with van der Waals surface area (Å²) >= 11 is 0. The third-order valence-corrected chi connectivity index (χ3v) is 6.10. The molecule has 0 aliphatic carbocycles. The maximum Gasteiger partial charge on any atom is 0.282 e. The zero-order valence-corrected chi connectivity index (χ0v) is 12.2. The maximum atomic E-state index is 12.7. The fourth-order valence-corrected chi connectivity index (χ4v) is 4.75. The zero-order chi connectivity index (χ0) is 13.2. The lowest BCUT2D eigenvalue weighted by Gasteiger charge is -2.38. The van der Waals surface area contributed by atoms with Gasteiger partial charge in [-0.3, -0.25) is 0 Å². The van der Waals surface area contributed by atoms with Crippen molar-refractivity contribution in [2.75, 3.05) is 32.7 Å². The van der Waals surface area contributed by atoms with Crippen LogP contribution < -0.4 is 5.32 Å². The minimum Gasteiger partial charge on any atom is -0.315 e. The number of hydrogen-bond donors (Lipinski definition) is 1. The highest BCUT2D eigenvalue weighted by molar-refractivity contribution is 7.86. The SMILES string of the molecule is CC1CCC(C)N(S(=O)(=O)N2CCCNCC2)C1. The number of piperidine rings is 1. The van der Waals surface area contributed by atoms with Gasteiger partial charge >= 0.3 is 0 Å². The molecule has 106 valence electrons. The standard InChI is InChI=1S/C12H25N3O2S/c1-11-4-5-12(2)15(10-11)18(16,17)14-8-3-6-13-7-9-14/h11-13H,3-10H2,1-2H3. The lowest BCUT2D eigenvalue weighted by atomic mass is 9.97. The maximum absolute atomic E-state index is 12.7. The topological polar surface area (TPSA) is 52.7 Å². The van der Waals surface area contributed by atoms with Crippen LogP contribution in [0.15, 0.2) is 0 Å². The van der Waals surface area contributed by atoms with Crippen LogP contribution in [-0.2, 0) is 10.2 Å². The Hall–Kier alpha value is -0.170. The Morgan fingerprint density at radius 1 is 1.11 bits per heavy atom. The van der Waals surface area contributed by atoms with Crippen molar-refractivity contribution in [3.05, 3.63) is 0 Å². The third kappa shape index (κ3) is 3.04. The molecule has 2 atom stereocenters. The first kappa shape index (κ1) is 14.2. The molecule has 0 saturated carbocycles. The predicted molar refractivity (Wildman–Crippen MR) is 72.5 cm³/mol. The zero-order valence-electron chi connectivity index (χ0n) is 11.4. The van der Waals surface area contributed by atoms with Crippen LogP contribution in [0, 0.1) is 5.92 Å². The van der Waals surface area contributed by atoms with Crippen molar-refractivity contribution in [1.82, 2.24) is 13.9 Å². The molecular weight excluding hydrogens is 250 g/mol. The predicted octanol–water partition coefficient (Wildman–Crippen LogP) is 0.647. The van der Waals surface area contributed by atoms with Gasteiger partial charge in [0.1, 0.15) is 0 Å². The normalized spacial score (nSPS) is 33.2. The fourth-order valence-electron chi connectivity index (χ4n) is 2.77. The lowest BCUT2D eigenvalue weighted by Crippen LogP contribution is -2.52. The van der Waals surface area contributed by atoms with Gasteiger partial charge in [0.15, 0.2) is 0 Å². The van der Waals surface area contributed by atoms with Crippen LogP contribution in [0.25, 0.3) is 0 Å². The summed E-state index contributed by atoms with van der Waals surface area (Å²) < 4.78 is 28.7. The van der Waals surface area contributed by atoms with E-state index in [2.05, 4.69) is 12.2 Å². The summed E-state index contributed by atoms with van der Waals surface area (Å²) in [4.78, 5) is 0. The first-order chi connectivity index (χ1) is 8.51. The monoisotopic (exact) mass is 275 g/mol. The molecule has 0 bridgehead atoms. The van der Waals surface area contributed by atoms with Crippen molar-refractivity contribution in [2.24, 2.45) is 5.92 Å². The fraction of sp³-hybridized carbons (Fsp3) is 1.00. The smallest absolute Gasteiger partial charge is 0.282 e. The first-order valence-corrected chi connectivity index (χ1v) is 8.39. The van der Waals surface area contributed by atoms with Crippen molar-refractivity contribution < 1.29 is 8.42 Å². The first-order valence-electron chi connectivity index (χ1n) is 6.99. The van der Waals surface area contributed by atoms with E-state index < -0.39 is 10.2 Å². The van der Waals surface area contributed by atoms with E-state index >= 15 is 0 Å². The molecule has 2 aliphatic heterocycles. The van der Waals surface area contributed by atoms with Crippen molar-refractivity contribution in [3.8, 4) is 0 Å². The molecule has 2 heterocycles. The molecule has 0 aromatic carbocycles.